The van der Waals surface area contributed by atoms with Gasteiger partial charge in [-0.25, -0.2) is 9.48 Å². The molecule has 0 saturated carbocycles. The Morgan fingerprint density at radius 2 is 1.53 bits per heavy atom. The molecule has 2 heterocycles. The van der Waals surface area contributed by atoms with Crippen LogP contribution in [-0.2, 0) is 16.1 Å². The largest absolute Gasteiger partial charge is 0.448 e. The molecule has 1 aliphatic heterocycles. The molecule has 178 valence electrons. The fraction of sp³-hybridized carbons (Fsp3) is 0.385. The number of carbonyl (C=O) groups excluding carboxylic acids is 2. The lowest BCUT2D eigenvalue weighted by atomic mass is 10.1. The van der Waals surface area contributed by atoms with Gasteiger partial charge in [-0.2, -0.15) is 5.10 Å². The second-order valence-electron chi connectivity index (χ2n) is 8.87. The molecule has 8 heteroatoms. The van der Waals surface area contributed by atoms with Crippen molar-refractivity contribution in [2.75, 3.05) is 26.2 Å². The van der Waals surface area contributed by atoms with Gasteiger partial charge in [0.05, 0.1) is 11.4 Å². The monoisotopic (exact) mass is 462 g/mol. The van der Waals surface area contributed by atoms with E-state index in [9.17, 15) is 14.4 Å². The lowest BCUT2D eigenvalue weighted by Crippen LogP contribution is -2.51. The molecule has 8 nitrogen and oxygen atoms in total. The maximum absolute atomic E-state index is 13.0. The van der Waals surface area contributed by atoms with E-state index >= 15 is 0 Å². The summed E-state index contributed by atoms with van der Waals surface area (Å²) in [5.41, 5.74) is 1.02. The molecule has 1 amide bonds. The lowest BCUT2D eigenvalue weighted by molar-refractivity contribution is -0.141. The topological polar surface area (TPSA) is 84.7 Å². The minimum Gasteiger partial charge on any atom is -0.448 e. The molecule has 34 heavy (non-hydrogen) atoms. The van der Waals surface area contributed by atoms with Crippen LogP contribution < -0.4 is 5.56 Å². The number of piperazine rings is 1. The third-order valence-electron chi connectivity index (χ3n) is 6.08. The van der Waals surface area contributed by atoms with E-state index in [1.807, 2.05) is 32.0 Å². The Bertz CT molecular complexity index is 1230. The van der Waals surface area contributed by atoms with Crippen LogP contribution in [0.2, 0.25) is 0 Å². The molecular formula is C26H30N4O4. The highest BCUT2D eigenvalue weighted by molar-refractivity contribution is 6.02. The molecule has 0 spiro atoms. The highest BCUT2D eigenvalue weighted by Gasteiger charge is 2.29. The number of carbonyl (C=O) groups is 2. The van der Waals surface area contributed by atoms with Gasteiger partial charge in [-0.3, -0.25) is 14.5 Å². The summed E-state index contributed by atoms with van der Waals surface area (Å²) in [6.07, 6.45) is -0.951. The first-order valence-corrected chi connectivity index (χ1v) is 11.6. The molecule has 1 atom stereocenters. The van der Waals surface area contributed by atoms with Gasteiger partial charge < -0.3 is 9.64 Å². The SMILES string of the molecule is CC(OC(=O)c1nn(C(C)C)c(=O)c2ccccc12)C(=O)N1CCN(Cc2ccccc2)CC1. The number of hydrogen-bond acceptors (Lipinski definition) is 6. The molecular weight excluding hydrogens is 432 g/mol. The highest BCUT2D eigenvalue weighted by Crippen LogP contribution is 2.17. The number of nitrogens with zero attached hydrogens (tertiary/aromatic N) is 4. The van der Waals surface area contributed by atoms with Crippen molar-refractivity contribution >= 4 is 22.6 Å². The zero-order valence-corrected chi connectivity index (χ0v) is 19.8. The van der Waals surface area contributed by atoms with Gasteiger partial charge >= 0.3 is 5.97 Å². The number of rotatable bonds is 6. The lowest BCUT2D eigenvalue weighted by Gasteiger charge is -2.35. The number of amides is 1. The van der Waals surface area contributed by atoms with Gasteiger partial charge in [-0.15, -0.1) is 0 Å². The van der Waals surface area contributed by atoms with E-state index in [-0.39, 0.29) is 23.2 Å². The van der Waals surface area contributed by atoms with Crippen molar-refractivity contribution in [3.8, 4) is 0 Å². The van der Waals surface area contributed by atoms with Crippen molar-refractivity contribution in [3.05, 3.63) is 76.2 Å². The van der Waals surface area contributed by atoms with E-state index < -0.39 is 12.1 Å². The van der Waals surface area contributed by atoms with Gasteiger partial charge in [-0.1, -0.05) is 48.5 Å². The summed E-state index contributed by atoms with van der Waals surface area (Å²) < 4.78 is 6.81. The van der Waals surface area contributed by atoms with Crippen molar-refractivity contribution in [2.24, 2.45) is 0 Å². The summed E-state index contributed by atoms with van der Waals surface area (Å²) in [5.74, 6) is -0.941. The quantitative estimate of drug-likeness (QED) is 0.524. The molecule has 2 aromatic carbocycles. The van der Waals surface area contributed by atoms with Crippen LogP contribution in [0.1, 0.15) is 42.9 Å². The van der Waals surface area contributed by atoms with Crippen molar-refractivity contribution in [2.45, 2.75) is 39.5 Å². The zero-order chi connectivity index (χ0) is 24.2. The smallest absolute Gasteiger partial charge is 0.360 e. The highest BCUT2D eigenvalue weighted by atomic mass is 16.5. The van der Waals surface area contributed by atoms with Gasteiger partial charge in [0.25, 0.3) is 11.5 Å². The van der Waals surface area contributed by atoms with E-state index in [0.717, 1.165) is 19.6 Å². The average Bonchev–Trinajstić information content (AvgIpc) is 2.84. The van der Waals surface area contributed by atoms with E-state index in [0.29, 0.717) is 23.9 Å². The molecule has 1 aliphatic rings. The minimum absolute atomic E-state index is 0.0382. The number of fused-ring (bicyclic) bond motifs is 1. The van der Waals surface area contributed by atoms with E-state index in [2.05, 4.69) is 22.1 Å². The first-order valence-electron chi connectivity index (χ1n) is 11.6. The molecule has 0 radical (unpaired) electrons. The molecule has 1 saturated heterocycles. The van der Waals surface area contributed by atoms with Crippen molar-refractivity contribution < 1.29 is 14.3 Å². The predicted molar refractivity (Wildman–Crippen MR) is 130 cm³/mol. The third kappa shape index (κ3) is 5.02. The number of aromatic nitrogens is 2. The predicted octanol–water partition coefficient (Wildman–Crippen LogP) is 2.87. The Kier molecular flexibility index (Phi) is 7.07. The van der Waals surface area contributed by atoms with Crippen LogP contribution >= 0.6 is 0 Å². The molecule has 0 N–H and O–H groups in total. The summed E-state index contributed by atoms with van der Waals surface area (Å²) in [6, 6.07) is 16.8. The van der Waals surface area contributed by atoms with Gasteiger partial charge in [0.15, 0.2) is 11.8 Å². The summed E-state index contributed by atoms with van der Waals surface area (Å²) >= 11 is 0. The van der Waals surface area contributed by atoms with Crippen molar-refractivity contribution in [1.29, 1.82) is 0 Å². The van der Waals surface area contributed by atoms with Crippen LogP contribution in [0.25, 0.3) is 10.8 Å². The van der Waals surface area contributed by atoms with Crippen LogP contribution in [0.5, 0.6) is 0 Å². The van der Waals surface area contributed by atoms with Crippen LogP contribution in [0, 0.1) is 0 Å². The Hall–Kier alpha value is -3.52. The molecule has 3 aromatic rings. The van der Waals surface area contributed by atoms with Crippen LogP contribution in [-0.4, -0.2) is 63.7 Å². The molecule has 1 fully saturated rings. The number of benzene rings is 2. The molecule has 4 rings (SSSR count). The molecule has 1 unspecified atom stereocenters. The van der Waals surface area contributed by atoms with Crippen LogP contribution in [0.4, 0.5) is 0 Å². The number of esters is 1. The van der Waals surface area contributed by atoms with Gasteiger partial charge in [0, 0.05) is 38.1 Å². The van der Waals surface area contributed by atoms with E-state index in [1.165, 1.54) is 10.2 Å². The third-order valence-corrected chi connectivity index (χ3v) is 6.08. The molecule has 0 aliphatic carbocycles. The average molecular weight is 463 g/mol. The Morgan fingerprint density at radius 3 is 2.18 bits per heavy atom. The normalized spacial score (nSPS) is 15.5. The first kappa shape index (κ1) is 23.6. The minimum atomic E-state index is -0.951. The standard InChI is InChI=1S/C26H30N4O4/c1-18(2)30-25(32)22-12-8-7-11-21(22)23(27-30)26(33)34-19(3)24(31)29-15-13-28(14-16-29)17-20-9-5-4-6-10-20/h4-12,18-19H,13-17H2,1-3H3. The van der Waals surface area contributed by atoms with E-state index in [1.54, 1.807) is 36.1 Å². The Labute approximate surface area is 198 Å². The maximum Gasteiger partial charge on any atom is 0.360 e. The van der Waals surface area contributed by atoms with Crippen LogP contribution in [0.15, 0.2) is 59.4 Å². The summed E-state index contributed by atoms with van der Waals surface area (Å²) in [6.45, 7) is 8.73. The second-order valence-corrected chi connectivity index (χ2v) is 8.87. The number of hydrogen-bond donors (Lipinski definition) is 0. The Balaban J connectivity index is 1.42. The summed E-state index contributed by atoms with van der Waals surface area (Å²) in [7, 11) is 0. The number of ether oxygens (including phenoxy) is 1. The van der Waals surface area contributed by atoms with Crippen LogP contribution in [0.3, 0.4) is 0 Å². The summed E-state index contributed by atoms with van der Waals surface area (Å²) in [4.78, 5) is 42.7. The van der Waals surface area contributed by atoms with Gasteiger partial charge in [0.1, 0.15) is 0 Å². The van der Waals surface area contributed by atoms with Crippen molar-refractivity contribution in [1.82, 2.24) is 19.6 Å². The zero-order valence-electron chi connectivity index (χ0n) is 19.8. The van der Waals surface area contributed by atoms with Gasteiger partial charge in [-0.05, 0) is 32.4 Å². The summed E-state index contributed by atoms with van der Waals surface area (Å²) in [5, 5.41) is 5.09. The second kappa shape index (κ2) is 10.2. The van der Waals surface area contributed by atoms with E-state index in [4.69, 9.17) is 4.74 Å². The maximum atomic E-state index is 13.0. The Morgan fingerprint density at radius 1 is 0.912 bits per heavy atom. The molecule has 1 aromatic heterocycles. The molecule has 0 bridgehead atoms. The first-order chi connectivity index (χ1) is 16.3. The fourth-order valence-electron chi connectivity index (χ4n) is 4.20. The fourth-order valence-corrected chi connectivity index (χ4v) is 4.20. The van der Waals surface area contributed by atoms with Gasteiger partial charge in [0.2, 0.25) is 0 Å². The van der Waals surface area contributed by atoms with Crippen molar-refractivity contribution in [3.63, 3.8) is 0 Å².